The van der Waals surface area contributed by atoms with Crippen LogP contribution in [0.15, 0.2) is 24.4 Å². The van der Waals surface area contributed by atoms with Crippen LogP contribution in [-0.4, -0.2) is 43.2 Å². The van der Waals surface area contributed by atoms with Gasteiger partial charge in [-0.15, -0.1) is 0 Å². The van der Waals surface area contributed by atoms with Gasteiger partial charge in [-0.25, -0.2) is 15.0 Å². The monoisotopic (exact) mass is 408 g/mol. The second kappa shape index (κ2) is 8.23. The molecule has 2 aromatic rings. The lowest BCUT2D eigenvalue weighted by Crippen LogP contribution is -2.38. The molecule has 3 rings (SSSR count). The molecule has 0 radical (unpaired) electrons. The number of hydrogen-bond acceptors (Lipinski definition) is 3. The van der Waals surface area contributed by atoms with Crippen LogP contribution in [0.2, 0.25) is 0 Å². The molecule has 1 amide bonds. The topological polar surface area (TPSA) is 86.6 Å². The van der Waals surface area contributed by atoms with Gasteiger partial charge in [0.25, 0.3) is 0 Å². The Balaban J connectivity index is 0.00000261. The van der Waals surface area contributed by atoms with Gasteiger partial charge in [0.1, 0.15) is 0 Å². The van der Waals surface area contributed by atoms with Crippen LogP contribution < -0.4 is 4.72 Å². The van der Waals surface area contributed by atoms with Gasteiger partial charge in [0.2, 0.25) is 15.9 Å². The minimum atomic E-state index is -3.35. The Morgan fingerprint density at radius 1 is 1.48 bits per heavy atom. The van der Waals surface area contributed by atoms with Crippen LogP contribution in [0.5, 0.6) is 0 Å². The number of amides is 1. The summed E-state index contributed by atoms with van der Waals surface area (Å²) in [5.74, 6) is -0.244. The number of sulfonamides is 1. The van der Waals surface area contributed by atoms with Crippen molar-refractivity contribution in [1.29, 1.82) is 0 Å². The molecule has 0 aliphatic carbocycles. The first-order valence-electron chi connectivity index (χ1n) is 8.53. The number of anilines is 1. The third-order valence-electron chi connectivity index (χ3n) is 4.67. The zero-order valence-electron chi connectivity index (χ0n) is 15.3. The smallest absolute Gasteiger partial charge is 0.300 e. The first kappa shape index (κ1) is 21.1. The predicted octanol–water partition coefficient (Wildman–Crippen LogP) is 2.70. The number of H-pyrrole nitrogens is 1. The number of carbonyl (C=O) groups is 1. The van der Waals surface area contributed by atoms with Gasteiger partial charge < -0.3 is 4.98 Å². The molecule has 9 heteroatoms. The van der Waals surface area contributed by atoms with Crippen LogP contribution in [0.25, 0.3) is 15.7 Å². The zero-order chi connectivity index (χ0) is 18.9. The van der Waals surface area contributed by atoms with E-state index in [1.807, 2.05) is 19.2 Å². The second-order valence-electron chi connectivity index (χ2n) is 6.84. The largest absolute Gasteiger partial charge is 0.361 e. The Hall–Kier alpha value is -2.18. The minimum absolute atomic E-state index is 0. The highest BCUT2D eigenvalue weighted by Crippen LogP contribution is 2.27. The lowest BCUT2D eigenvalue weighted by atomic mass is 9.99. The van der Waals surface area contributed by atoms with E-state index in [2.05, 4.69) is 14.6 Å². The van der Waals surface area contributed by atoms with Crippen molar-refractivity contribution in [2.45, 2.75) is 32.4 Å². The van der Waals surface area contributed by atoms with Crippen LogP contribution in [0.4, 0.5) is 5.69 Å². The van der Waals surface area contributed by atoms with Gasteiger partial charge in [-0.1, -0.05) is 6.92 Å². The fourth-order valence-electron chi connectivity index (χ4n) is 3.47. The van der Waals surface area contributed by atoms with Crippen molar-refractivity contribution in [2.75, 3.05) is 17.5 Å². The molecule has 1 aliphatic heterocycles. The SMILES string of the molecule is S.[C-]#[N+][C@@H]1CCCN1C(=O)C(C)Cc1c[nH]c2ccc(NS(C)(=O)=O)cc12. The molecule has 1 aliphatic rings. The number of aromatic amines is 1. The molecule has 0 saturated carbocycles. The average Bonchev–Trinajstić information content (AvgIpc) is 3.19. The van der Waals surface area contributed by atoms with E-state index in [4.69, 9.17) is 6.57 Å². The first-order valence-corrected chi connectivity index (χ1v) is 10.4. The fraction of sp³-hybridized carbons (Fsp3) is 0.444. The summed E-state index contributed by atoms with van der Waals surface area (Å²) in [7, 11) is -3.35. The minimum Gasteiger partial charge on any atom is -0.361 e. The third kappa shape index (κ3) is 4.76. The molecular weight excluding hydrogens is 384 g/mol. The van der Waals surface area contributed by atoms with Crippen molar-refractivity contribution >= 4 is 46.0 Å². The molecule has 7 nitrogen and oxygen atoms in total. The molecule has 27 heavy (non-hydrogen) atoms. The van der Waals surface area contributed by atoms with Crippen LogP contribution in [0, 0.1) is 12.5 Å². The maximum Gasteiger partial charge on any atom is 0.300 e. The molecule has 1 saturated heterocycles. The summed E-state index contributed by atoms with van der Waals surface area (Å²) in [6, 6.07) is 5.29. The van der Waals surface area contributed by atoms with Crippen LogP contribution >= 0.6 is 13.5 Å². The van der Waals surface area contributed by atoms with Gasteiger partial charge in [0.05, 0.1) is 6.26 Å². The van der Waals surface area contributed by atoms with Gasteiger partial charge in [-0.2, -0.15) is 13.5 Å². The summed E-state index contributed by atoms with van der Waals surface area (Å²) >= 11 is 0. The summed E-state index contributed by atoms with van der Waals surface area (Å²) in [6.07, 6.45) is 4.78. The number of likely N-dealkylation sites (tertiary alicyclic amines) is 1. The van der Waals surface area contributed by atoms with Crippen molar-refractivity contribution in [1.82, 2.24) is 9.88 Å². The lowest BCUT2D eigenvalue weighted by Gasteiger charge is -2.20. The van der Waals surface area contributed by atoms with Crippen molar-refractivity contribution in [3.8, 4) is 0 Å². The van der Waals surface area contributed by atoms with Crippen LogP contribution in [0.1, 0.15) is 25.3 Å². The quantitative estimate of drug-likeness (QED) is 0.746. The number of benzene rings is 1. The van der Waals surface area contributed by atoms with Crippen molar-refractivity contribution in [3.05, 3.63) is 41.4 Å². The van der Waals surface area contributed by atoms with Gasteiger partial charge in [0, 0.05) is 41.7 Å². The summed E-state index contributed by atoms with van der Waals surface area (Å²) in [5.41, 5.74) is 2.34. The Morgan fingerprint density at radius 2 is 2.22 bits per heavy atom. The highest BCUT2D eigenvalue weighted by Gasteiger charge is 2.35. The van der Waals surface area contributed by atoms with E-state index in [-0.39, 0.29) is 31.5 Å². The highest BCUT2D eigenvalue weighted by molar-refractivity contribution is 7.92. The maximum absolute atomic E-state index is 12.7. The van der Waals surface area contributed by atoms with E-state index < -0.39 is 10.0 Å². The number of rotatable bonds is 5. The van der Waals surface area contributed by atoms with Crippen molar-refractivity contribution in [3.63, 3.8) is 0 Å². The van der Waals surface area contributed by atoms with E-state index in [1.54, 1.807) is 17.0 Å². The summed E-state index contributed by atoms with van der Waals surface area (Å²) in [6.45, 7) is 9.75. The second-order valence-corrected chi connectivity index (χ2v) is 8.59. The molecule has 1 aromatic carbocycles. The fourth-order valence-corrected chi connectivity index (χ4v) is 4.02. The number of aromatic nitrogens is 1. The Labute approximate surface area is 166 Å². The van der Waals surface area contributed by atoms with Crippen molar-refractivity contribution < 1.29 is 13.2 Å². The Bertz CT molecular complexity index is 978. The van der Waals surface area contributed by atoms with Gasteiger partial charge in [0.15, 0.2) is 0 Å². The number of fused-ring (bicyclic) bond motifs is 1. The molecule has 2 atom stereocenters. The van der Waals surface area contributed by atoms with Crippen LogP contribution in [-0.2, 0) is 21.2 Å². The molecule has 2 N–H and O–H groups in total. The normalized spacial score (nSPS) is 18.0. The molecule has 0 bridgehead atoms. The third-order valence-corrected chi connectivity index (χ3v) is 5.28. The van der Waals surface area contributed by atoms with Gasteiger partial charge >= 0.3 is 6.17 Å². The van der Waals surface area contributed by atoms with Gasteiger partial charge in [-0.05, 0) is 36.6 Å². The Morgan fingerprint density at radius 3 is 2.89 bits per heavy atom. The average molecular weight is 409 g/mol. The first-order chi connectivity index (χ1) is 12.3. The molecule has 1 fully saturated rings. The number of carbonyl (C=O) groups excluding carboxylic acids is 1. The molecular formula is C18H24N4O3S2. The molecule has 2 heterocycles. The van der Waals surface area contributed by atoms with Gasteiger partial charge in [-0.3, -0.25) is 19.3 Å². The summed E-state index contributed by atoms with van der Waals surface area (Å²) < 4.78 is 25.4. The molecule has 1 aromatic heterocycles. The number of hydrogen-bond donors (Lipinski definition) is 2. The molecule has 146 valence electrons. The van der Waals surface area contributed by atoms with E-state index in [0.29, 0.717) is 18.7 Å². The maximum atomic E-state index is 12.7. The van der Waals surface area contributed by atoms with Crippen molar-refractivity contribution in [2.24, 2.45) is 5.92 Å². The standard InChI is InChI=1S/C18H22N4O3S.H2S/c1-12(18(23)22-8-4-5-17(22)19-2)9-13-11-20-16-7-6-14(10-15(13)16)21-26(3,24)25;/h6-7,10-12,17,20-21H,4-5,8-9H2,1,3H3;1H2/t12?,17-;/m0./s1. The molecule has 0 spiro atoms. The summed E-state index contributed by atoms with van der Waals surface area (Å²) in [5, 5.41) is 0.890. The molecule has 1 unspecified atom stereocenters. The highest BCUT2D eigenvalue weighted by atomic mass is 32.2. The number of nitrogens with zero attached hydrogens (tertiary/aromatic N) is 2. The summed E-state index contributed by atoms with van der Waals surface area (Å²) in [4.78, 5) is 21.1. The van der Waals surface area contributed by atoms with E-state index in [1.165, 1.54) is 0 Å². The van der Waals surface area contributed by atoms with E-state index in [9.17, 15) is 13.2 Å². The van der Waals surface area contributed by atoms with E-state index >= 15 is 0 Å². The van der Waals surface area contributed by atoms with E-state index in [0.717, 1.165) is 35.6 Å². The zero-order valence-corrected chi connectivity index (χ0v) is 17.1. The lowest BCUT2D eigenvalue weighted by molar-refractivity contribution is -0.135. The predicted molar refractivity (Wildman–Crippen MR) is 111 cm³/mol. The number of nitrogens with one attached hydrogen (secondary N) is 2. The Kier molecular flexibility index (Phi) is 6.44. The van der Waals surface area contributed by atoms with Crippen LogP contribution in [0.3, 0.4) is 0 Å².